The number of piperidine rings is 1. The molecule has 1 nitrogen and oxygen atoms in total. The first-order valence-corrected chi connectivity index (χ1v) is 7.94. The van der Waals surface area contributed by atoms with Crippen molar-refractivity contribution in [3.8, 4) is 0 Å². The summed E-state index contributed by atoms with van der Waals surface area (Å²) < 4.78 is 1.41. The van der Waals surface area contributed by atoms with Crippen LogP contribution in [0.3, 0.4) is 0 Å². The molecule has 0 atom stereocenters. The van der Waals surface area contributed by atoms with Crippen LogP contribution in [0.1, 0.15) is 18.4 Å². The molecule has 0 aliphatic carbocycles. The second-order valence-corrected chi connectivity index (χ2v) is 6.91. The van der Waals surface area contributed by atoms with Crippen LogP contribution in [0.5, 0.6) is 0 Å². The van der Waals surface area contributed by atoms with E-state index < -0.39 is 0 Å². The molecule has 1 aromatic heterocycles. The fraction of sp³-hybridized carbons (Fsp3) is 0.429. The molecule has 2 heterocycles. The number of alkyl halides is 1. The minimum atomic E-state index is 0.734. The molecule has 0 unspecified atom stereocenters. The summed E-state index contributed by atoms with van der Waals surface area (Å²) in [5.41, 5.74) is 1.50. The number of rotatable bonds is 2. The van der Waals surface area contributed by atoms with Crippen molar-refractivity contribution in [2.75, 3.05) is 13.1 Å². The Morgan fingerprint density at radius 1 is 1.24 bits per heavy atom. The highest BCUT2D eigenvalue weighted by Gasteiger charge is 2.17. The van der Waals surface area contributed by atoms with E-state index in [2.05, 4.69) is 50.5 Å². The van der Waals surface area contributed by atoms with Crippen molar-refractivity contribution in [1.82, 2.24) is 4.90 Å². The van der Waals surface area contributed by atoms with Gasteiger partial charge in [0.15, 0.2) is 0 Å². The predicted octanol–water partition coefficient (Wildman–Crippen LogP) is 4.26. The van der Waals surface area contributed by atoms with E-state index in [0.717, 1.165) is 11.4 Å². The zero-order valence-corrected chi connectivity index (χ0v) is 12.1. The van der Waals surface area contributed by atoms with E-state index in [1.165, 1.54) is 41.6 Å². The van der Waals surface area contributed by atoms with Gasteiger partial charge in [0.2, 0.25) is 0 Å². The number of fused-ring (bicyclic) bond motifs is 1. The molecule has 2 aromatic rings. The van der Waals surface area contributed by atoms with Gasteiger partial charge < -0.3 is 0 Å². The molecular weight excluding hydrogens is 294 g/mol. The molecular formula is C14H16BrNS. The summed E-state index contributed by atoms with van der Waals surface area (Å²) in [6, 6.07) is 8.73. The van der Waals surface area contributed by atoms with Crippen molar-refractivity contribution in [1.29, 1.82) is 0 Å². The number of likely N-dealkylation sites (tertiary alicyclic amines) is 1. The summed E-state index contributed by atoms with van der Waals surface area (Å²) in [5.74, 6) is 0. The van der Waals surface area contributed by atoms with Crippen LogP contribution < -0.4 is 0 Å². The van der Waals surface area contributed by atoms with Gasteiger partial charge in [0.25, 0.3) is 0 Å². The minimum absolute atomic E-state index is 0.734. The van der Waals surface area contributed by atoms with Gasteiger partial charge >= 0.3 is 0 Å². The number of benzene rings is 1. The Hall–Kier alpha value is -0.380. The maximum atomic E-state index is 3.71. The topological polar surface area (TPSA) is 3.24 Å². The normalized spacial score (nSPS) is 18.9. The van der Waals surface area contributed by atoms with Gasteiger partial charge in [-0.05, 0) is 48.3 Å². The quantitative estimate of drug-likeness (QED) is 0.749. The third kappa shape index (κ3) is 2.56. The van der Waals surface area contributed by atoms with Crippen LogP contribution in [0.4, 0.5) is 0 Å². The highest BCUT2D eigenvalue weighted by molar-refractivity contribution is 9.09. The van der Waals surface area contributed by atoms with E-state index in [1.54, 1.807) is 0 Å². The van der Waals surface area contributed by atoms with Crippen LogP contribution in [-0.2, 0) is 6.54 Å². The molecule has 0 bridgehead atoms. The Kier molecular flexibility index (Phi) is 3.50. The van der Waals surface area contributed by atoms with Crippen molar-refractivity contribution in [2.45, 2.75) is 24.2 Å². The molecule has 1 aromatic carbocycles. The first kappa shape index (κ1) is 11.7. The summed E-state index contributed by atoms with van der Waals surface area (Å²) in [4.78, 5) is 3.31. The Labute approximate surface area is 115 Å². The average Bonchev–Trinajstić information content (AvgIpc) is 2.76. The molecule has 0 N–H and O–H groups in total. The molecule has 0 amide bonds. The van der Waals surface area contributed by atoms with Gasteiger partial charge in [-0.25, -0.2) is 0 Å². The van der Waals surface area contributed by atoms with E-state index >= 15 is 0 Å². The molecule has 17 heavy (non-hydrogen) atoms. The summed E-state index contributed by atoms with van der Waals surface area (Å²) >= 11 is 5.58. The average molecular weight is 310 g/mol. The van der Waals surface area contributed by atoms with Crippen LogP contribution in [0.2, 0.25) is 0 Å². The lowest BCUT2D eigenvalue weighted by molar-refractivity contribution is 0.227. The summed E-state index contributed by atoms with van der Waals surface area (Å²) in [6.45, 7) is 3.56. The maximum absolute atomic E-state index is 3.71. The van der Waals surface area contributed by atoms with Crippen LogP contribution in [0.15, 0.2) is 29.6 Å². The second-order valence-electron chi connectivity index (χ2n) is 4.71. The van der Waals surface area contributed by atoms with Gasteiger partial charge in [0.1, 0.15) is 0 Å². The maximum Gasteiger partial charge on any atom is 0.0346 e. The Morgan fingerprint density at radius 2 is 2.00 bits per heavy atom. The summed E-state index contributed by atoms with van der Waals surface area (Å²) in [7, 11) is 0. The van der Waals surface area contributed by atoms with E-state index in [-0.39, 0.29) is 0 Å². The van der Waals surface area contributed by atoms with Gasteiger partial charge in [0, 0.05) is 16.1 Å². The standard InChI is InChI=1S/C14H16BrNS/c15-12-5-7-16(8-6-12)9-11-10-17-14-4-2-1-3-13(11)14/h1-4,10,12H,5-9H2. The monoisotopic (exact) mass is 309 g/mol. The Balaban J connectivity index is 1.76. The molecule has 1 aliphatic heterocycles. The molecule has 0 spiro atoms. The number of thiophene rings is 1. The third-order valence-electron chi connectivity index (χ3n) is 3.47. The van der Waals surface area contributed by atoms with E-state index in [4.69, 9.17) is 0 Å². The summed E-state index contributed by atoms with van der Waals surface area (Å²) in [6.07, 6.45) is 2.56. The lowest BCUT2D eigenvalue weighted by atomic mass is 10.1. The number of hydrogen-bond acceptors (Lipinski definition) is 2. The van der Waals surface area contributed by atoms with Crippen molar-refractivity contribution < 1.29 is 0 Å². The van der Waals surface area contributed by atoms with Crippen molar-refractivity contribution >= 4 is 37.4 Å². The zero-order valence-electron chi connectivity index (χ0n) is 9.73. The van der Waals surface area contributed by atoms with Crippen LogP contribution in [0.25, 0.3) is 10.1 Å². The molecule has 3 heteroatoms. The van der Waals surface area contributed by atoms with Crippen LogP contribution in [-0.4, -0.2) is 22.8 Å². The van der Waals surface area contributed by atoms with E-state index in [0.29, 0.717) is 0 Å². The lowest BCUT2D eigenvalue weighted by Gasteiger charge is -2.29. The highest BCUT2D eigenvalue weighted by Crippen LogP contribution is 2.28. The van der Waals surface area contributed by atoms with Gasteiger partial charge in [-0.3, -0.25) is 4.90 Å². The number of hydrogen-bond donors (Lipinski definition) is 0. The largest absolute Gasteiger partial charge is 0.299 e. The van der Waals surface area contributed by atoms with Gasteiger partial charge in [-0.1, -0.05) is 34.1 Å². The predicted molar refractivity (Wildman–Crippen MR) is 79.1 cm³/mol. The van der Waals surface area contributed by atoms with E-state index in [1.807, 2.05) is 11.3 Å². The van der Waals surface area contributed by atoms with Gasteiger partial charge in [-0.2, -0.15) is 0 Å². The Bertz CT molecular complexity index is 500. The molecule has 90 valence electrons. The zero-order chi connectivity index (χ0) is 11.7. The molecule has 1 fully saturated rings. The summed E-state index contributed by atoms with van der Waals surface area (Å²) in [5, 5.41) is 3.77. The van der Waals surface area contributed by atoms with Crippen molar-refractivity contribution in [2.24, 2.45) is 0 Å². The Morgan fingerprint density at radius 3 is 2.82 bits per heavy atom. The molecule has 3 rings (SSSR count). The molecule has 1 saturated heterocycles. The van der Waals surface area contributed by atoms with Crippen molar-refractivity contribution in [3.63, 3.8) is 0 Å². The smallest absolute Gasteiger partial charge is 0.0346 e. The van der Waals surface area contributed by atoms with Crippen molar-refractivity contribution in [3.05, 3.63) is 35.2 Å². The molecule has 0 radical (unpaired) electrons. The van der Waals surface area contributed by atoms with Crippen LogP contribution >= 0.6 is 27.3 Å². The minimum Gasteiger partial charge on any atom is -0.299 e. The lowest BCUT2D eigenvalue weighted by Crippen LogP contribution is -2.33. The molecule has 0 saturated carbocycles. The highest BCUT2D eigenvalue weighted by atomic mass is 79.9. The number of halogens is 1. The third-order valence-corrected chi connectivity index (χ3v) is 5.40. The fourth-order valence-electron chi connectivity index (χ4n) is 2.46. The fourth-order valence-corrected chi connectivity index (χ4v) is 3.82. The van der Waals surface area contributed by atoms with Crippen LogP contribution in [0, 0.1) is 0 Å². The molecule has 1 aliphatic rings. The van der Waals surface area contributed by atoms with E-state index in [9.17, 15) is 0 Å². The second kappa shape index (κ2) is 5.09. The first-order chi connectivity index (χ1) is 8.33. The number of nitrogens with zero attached hydrogens (tertiary/aromatic N) is 1. The van der Waals surface area contributed by atoms with Gasteiger partial charge in [0.05, 0.1) is 0 Å². The SMILES string of the molecule is BrC1CCN(Cc2csc3ccccc23)CC1. The van der Waals surface area contributed by atoms with Gasteiger partial charge in [-0.15, -0.1) is 11.3 Å². The first-order valence-electron chi connectivity index (χ1n) is 6.14.